The van der Waals surface area contributed by atoms with E-state index in [1.54, 1.807) is 26.0 Å². The molecular formula is C21H26Cl2N4O3S. The second-order valence-electron chi connectivity index (χ2n) is 7.24. The molecule has 1 aliphatic heterocycles. The van der Waals surface area contributed by atoms with Gasteiger partial charge in [0.1, 0.15) is 10.3 Å². The molecule has 1 amide bonds. The number of benzene rings is 1. The first-order valence-electron chi connectivity index (χ1n) is 10.3. The van der Waals surface area contributed by atoms with Crippen molar-refractivity contribution >= 4 is 50.5 Å². The minimum Gasteiger partial charge on any atom is -0.370 e. The standard InChI is InChI=1S/C21H26Cl2N4O3S/c1-3-27(4-2)31(29,30)15-8-10-18(26-12-6-5-7-13-26)17(14-15)24-21(28)16-9-11-19(22)25-20(16)23/h8-11,14H,3-7,12-13H2,1-2H3,(H,24,28). The number of hydrogen-bond donors (Lipinski definition) is 1. The van der Waals surface area contributed by atoms with Crippen LogP contribution in [-0.2, 0) is 10.0 Å². The van der Waals surface area contributed by atoms with Crippen LogP contribution in [0.5, 0.6) is 0 Å². The van der Waals surface area contributed by atoms with Crippen LogP contribution in [0.15, 0.2) is 35.2 Å². The molecular weight excluding hydrogens is 459 g/mol. The second-order valence-corrected chi connectivity index (χ2v) is 9.93. The van der Waals surface area contributed by atoms with Gasteiger partial charge in [0.2, 0.25) is 10.0 Å². The Morgan fingerprint density at radius 1 is 1.10 bits per heavy atom. The summed E-state index contributed by atoms with van der Waals surface area (Å²) in [4.78, 5) is 19.1. The number of anilines is 2. The third kappa shape index (κ3) is 5.31. The minimum absolute atomic E-state index is 0.0172. The highest BCUT2D eigenvalue weighted by atomic mass is 35.5. The first-order chi connectivity index (χ1) is 14.8. The van der Waals surface area contributed by atoms with Crippen LogP contribution >= 0.6 is 23.2 Å². The summed E-state index contributed by atoms with van der Waals surface area (Å²) in [5, 5.41) is 3.01. The Balaban J connectivity index is 2.02. The maximum absolute atomic E-state index is 13.0. The van der Waals surface area contributed by atoms with E-state index in [1.165, 1.54) is 22.5 Å². The summed E-state index contributed by atoms with van der Waals surface area (Å²) in [6.07, 6.45) is 3.23. The summed E-state index contributed by atoms with van der Waals surface area (Å²) in [7, 11) is -3.68. The van der Waals surface area contributed by atoms with Gasteiger partial charge in [0, 0.05) is 26.2 Å². The van der Waals surface area contributed by atoms with Crippen molar-refractivity contribution in [3.8, 4) is 0 Å². The van der Waals surface area contributed by atoms with Crippen molar-refractivity contribution < 1.29 is 13.2 Å². The zero-order valence-electron chi connectivity index (χ0n) is 17.6. The molecule has 3 rings (SSSR count). The van der Waals surface area contributed by atoms with E-state index in [0.29, 0.717) is 18.8 Å². The van der Waals surface area contributed by atoms with Gasteiger partial charge in [-0.1, -0.05) is 37.0 Å². The first kappa shape index (κ1) is 23.8. The zero-order valence-corrected chi connectivity index (χ0v) is 19.9. The van der Waals surface area contributed by atoms with E-state index in [-0.39, 0.29) is 20.8 Å². The zero-order chi connectivity index (χ0) is 22.6. The fourth-order valence-electron chi connectivity index (χ4n) is 3.67. The molecule has 0 saturated carbocycles. The van der Waals surface area contributed by atoms with Crippen molar-refractivity contribution in [2.75, 3.05) is 36.4 Å². The highest BCUT2D eigenvalue weighted by Gasteiger charge is 2.25. The van der Waals surface area contributed by atoms with E-state index >= 15 is 0 Å². The number of pyridine rings is 1. The van der Waals surface area contributed by atoms with E-state index in [0.717, 1.165) is 38.0 Å². The largest absolute Gasteiger partial charge is 0.370 e. The first-order valence-corrected chi connectivity index (χ1v) is 12.5. The summed E-state index contributed by atoms with van der Waals surface area (Å²) < 4.78 is 27.5. The van der Waals surface area contributed by atoms with Gasteiger partial charge in [0.15, 0.2) is 0 Å². The lowest BCUT2D eigenvalue weighted by Crippen LogP contribution is -2.32. The summed E-state index contributed by atoms with van der Waals surface area (Å²) in [5.74, 6) is -0.482. The van der Waals surface area contributed by atoms with E-state index in [2.05, 4.69) is 15.2 Å². The maximum atomic E-state index is 13.0. The smallest absolute Gasteiger partial charge is 0.258 e. The average Bonchev–Trinajstić information content (AvgIpc) is 2.75. The number of halogens is 2. The molecule has 1 saturated heterocycles. The number of carbonyl (C=O) groups excluding carboxylic acids is 1. The number of piperidine rings is 1. The Labute approximate surface area is 193 Å². The fourth-order valence-corrected chi connectivity index (χ4v) is 5.59. The molecule has 168 valence electrons. The van der Waals surface area contributed by atoms with Gasteiger partial charge in [0.05, 0.1) is 21.8 Å². The van der Waals surface area contributed by atoms with Gasteiger partial charge < -0.3 is 10.2 Å². The van der Waals surface area contributed by atoms with Gasteiger partial charge in [0.25, 0.3) is 5.91 Å². The normalized spacial score (nSPS) is 14.7. The lowest BCUT2D eigenvalue weighted by atomic mass is 10.1. The van der Waals surface area contributed by atoms with Crippen LogP contribution < -0.4 is 10.2 Å². The lowest BCUT2D eigenvalue weighted by molar-refractivity contribution is 0.102. The Kier molecular flexibility index (Phi) is 7.80. The topological polar surface area (TPSA) is 82.6 Å². The summed E-state index contributed by atoms with van der Waals surface area (Å²) in [6.45, 7) is 5.99. The second kappa shape index (κ2) is 10.2. The van der Waals surface area contributed by atoms with Crippen molar-refractivity contribution in [2.45, 2.75) is 38.0 Å². The Bertz CT molecular complexity index is 1050. The van der Waals surface area contributed by atoms with Gasteiger partial charge in [-0.3, -0.25) is 4.79 Å². The number of rotatable bonds is 7. The molecule has 0 aliphatic carbocycles. The lowest BCUT2D eigenvalue weighted by Gasteiger charge is -2.31. The van der Waals surface area contributed by atoms with Crippen LogP contribution in [0.3, 0.4) is 0 Å². The quantitative estimate of drug-likeness (QED) is 0.577. The maximum Gasteiger partial charge on any atom is 0.258 e. The van der Waals surface area contributed by atoms with E-state index in [1.807, 2.05) is 0 Å². The van der Waals surface area contributed by atoms with E-state index < -0.39 is 15.9 Å². The van der Waals surface area contributed by atoms with Crippen molar-refractivity contribution in [1.82, 2.24) is 9.29 Å². The Morgan fingerprint density at radius 3 is 2.39 bits per heavy atom. The van der Waals surface area contributed by atoms with Crippen LogP contribution in [0, 0.1) is 0 Å². The summed E-state index contributed by atoms with van der Waals surface area (Å²) >= 11 is 11.9. The van der Waals surface area contributed by atoms with Crippen molar-refractivity contribution in [3.05, 3.63) is 46.2 Å². The SMILES string of the molecule is CCN(CC)S(=O)(=O)c1ccc(N2CCCCC2)c(NC(=O)c2ccc(Cl)nc2Cl)c1. The van der Waals surface area contributed by atoms with Gasteiger partial charge in [-0.25, -0.2) is 13.4 Å². The molecule has 1 fully saturated rings. The Morgan fingerprint density at radius 2 is 1.77 bits per heavy atom. The number of amides is 1. The van der Waals surface area contributed by atoms with Gasteiger partial charge in [-0.15, -0.1) is 0 Å². The number of aromatic nitrogens is 1. The predicted molar refractivity (Wildman–Crippen MR) is 125 cm³/mol. The highest BCUT2D eigenvalue weighted by molar-refractivity contribution is 7.89. The molecule has 31 heavy (non-hydrogen) atoms. The van der Waals surface area contributed by atoms with Crippen LogP contribution in [0.25, 0.3) is 0 Å². The molecule has 0 unspecified atom stereocenters. The van der Waals surface area contributed by atoms with E-state index in [9.17, 15) is 13.2 Å². The summed E-state index contributed by atoms with van der Waals surface area (Å²) in [6, 6.07) is 7.86. The predicted octanol–water partition coefficient (Wildman–Crippen LogP) is 4.66. The average molecular weight is 485 g/mol. The summed E-state index contributed by atoms with van der Waals surface area (Å²) in [5.41, 5.74) is 1.36. The molecule has 0 spiro atoms. The number of hydrogen-bond acceptors (Lipinski definition) is 5. The molecule has 1 aromatic heterocycles. The molecule has 10 heteroatoms. The van der Waals surface area contributed by atoms with Crippen molar-refractivity contribution in [2.24, 2.45) is 0 Å². The fraction of sp³-hybridized carbons (Fsp3) is 0.429. The van der Waals surface area contributed by atoms with Crippen molar-refractivity contribution in [1.29, 1.82) is 0 Å². The van der Waals surface area contributed by atoms with Gasteiger partial charge in [-0.2, -0.15) is 4.31 Å². The van der Waals surface area contributed by atoms with Gasteiger partial charge in [-0.05, 0) is 49.6 Å². The minimum atomic E-state index is -3.68. The number of carbonyl (C=O) groups is 1. The molecule has 7 nitrogen and oxygen atoms in total. The third-order valence-corrected chi connectivity index (χ3v) is 7.86. The van der Waals surface area contributed by atoms with Crippen molar-refractivity contribution in [3.63, 3.8) is 0 Å². The molecule has 1 N–H and O–H groups in total. The molecule has 0 radical (unpaired) electrons. The molecule has 0 bridgehead atoms. The molecule has 2 heterocycles. The molecule has 1 aliphatic rings. The molecule has 1 aromatic carbocycles. The van der Waals surface area contributed by atoms with Crippen LogP contribution in [0.1, 0.15) is 43.5 Å². The highest BCUT2D eigenvalue weighted by Crippen LogP contribution is 2.33. The van der Waals surface area contributed by atoms with E-state index in [4.69, 9.17) is 23.2 Å². The third-order valence-electron chi connectivity index (χ3n) is 5.32. The van der Waals surface area contributed by atoms with Crippen LogP contribution in [0.2, 0.25) is 10.3 Å². The van der Waals surface area contributed by atoms with Gasteiger partial charge >= 0.3 is 0 Å². The van der Waals surface area contributed by atoms with Crippen LogP contribution in [0.4, 0.5) is 11.4 Å². The number of sulfonamides is 1. The Hall–Kier alpha value is -1.87. The number of nitrogens with zero attached hydrogens (tertiary/aromatic N) is 3. The van der Waals surface area contributed by atoms with Crippen LogP contribution in [-0.4, -0.2) is 49.8 Å². The molecule has 2 aromatic rings. The number of nitrogens with one attached hydrogen (secondary N) is 1. The monoisotopic (exact) mass is 484 g/mol. The molecule has 0 atom stereocenters.